The van der Waals surface area contributed by atoms with E-state index >= 15 is 0 Å². The molecule has 0 radical (unpaired) electrons. The van der Waals surface area contributed by atoms with Crippen LogP contribution < -0.4 is 5.32 Å². The molecule has 2 aromatic rings. The number of furan rings is 1. The first-order valence-corrected chi connectivity index (χ1v) is 7.63. The van der Waals surface area contributed by atoms with Crippen LogP contribution in [0.2, 0.25) is 0 Å². The first kappa shape index (κ1) is 14.6. The zero-order valence-electron chi connectivity index (χ0n) is 12.7. The van der Waals surface area contributed by atoms with Crippen LogP contribution in [-0.2, 0) is 22.6 Å². The molecule has 3 rings (SSSR count). The van der Waals surface area contributed by atoms with E-state index in [1.165, 1.54) is 0 Å². The normalized spacial score (nSPS) is 15.8. The van der Waals surface area contributed by atoms with E-state index in [1.807, 2.05) is 18.2 Å². The topological polar surface area (TPSA) is 43.6 Å². The molecule has 0 bridgehead atoms. The molecule has 1 N–H and O–H groups in total. The maximum Gasteiger partial charge on any atom is 0.134 e. The third-order valence-corrected chi connectivity index (χ3v) is 3.69. The van der Waals surface area contributed by atoms with Crippen molar-refractivity contribution in [2.75, 3.05) is 19.8 Å². The van der Waals surface area contributed by atoms with Crippen LogP contribution in [0.5, 0.6) is 0 Å². The molecule has 0 saturated carbocycles. The number of para-hydroxylation sites is 1. The summed E-state index contributed by atoms with van der Waals surface area (Å²) in [6.07, 6.45) is 0.232. The van der Waals surface area contributed by atoms with Gasteiger partial charge in [0.05, 0.1) is 26.4 Å². The van der Waals surface area contributed by atoms with Crippen LogP contribution in [-0.4, -0.2) is 25.9 Å². The van der Waals surface area contributed by atoms with E-state index in [1.54, 1.807) is 0 Å². The van der Waals surface area contributed by atoms with Gasteiger partial charge >= 0.3 is 0 Å². The summed E-state index contributed by atoms with van der Waals surface area (Å²) >= 11 is 0. The lowest BCUT2D eigenvalue weighted by Crippen LogP contribution is -2.35. The second-order valence-electron chi connectivity index (χ2n) is 6.00. The van der Waals surface area contributed by atoms with Crippen LogP contribution in [0.1, 0.15) is 25.2 Å². The highest BCUT2D eigenvalue weighted by atomic mass is 16.6. The molecule has 114 valence electrons. The van der Waals surface area contributed by atoms with E-state index in [-0.39, 0.29) is 6.10 Å². The number of rotatable bonds is 7. The molecule has 0 amide bonds. The van der Waals surface area contributed by atoms with Crippen molar-refractivity contribution in [2.45, 2.75) is 33.1 Å². The molecule has 2 heterocycles. The summed E-state index contributed by atoms with van der Waals surface area (Å²) in [6.45, 7) is 8.12. The van der Waals surface area contributed by atoms with Gasteiger partial charge in [0.1, 0.15) is 17.4 Å². The van der Waals surface area contributed by atoms with Crippen molar-refractivity contribution in [2.24, 2.45) is 5.92 Å². The van der Waals surface area contributed by atoms with E-state index in [9.17, 15) is 0 Å². The lowest BCUT2D eigenvalue weighted by atomic mass is 10.1. The fourth-order valence-electron chi connectivity index (χ4n) is 2.44. The number of hydrogen-bond acceptors (Lipinski definition) is 4. The molecule has 1 aliphatic heterocycles. The number of ether oxygens (including phenoxy) is 2. The fraction of sp³-hybridized carbons (Fsp3) is 0.529. The van der Waals surface area contributed by atoms with Crippen molar-refractivity contribution in [3.8, 4) is 0 Å². The van der Waals surface area contributed by atoms with Gasteiger partial charge in [-0.05, 0) is 18.5 Å². The molecule has 0 unspecified atom stereocenters. The summed E-state index contributed by atoms with van der Waals surface area (Å²) in [5.74, 6) is 1.61. The molecule has 21 heavy (non-hydrogen) atoms. The summed E-state index contributed by atoms with van der Waals surface area (Å²) in [6, 6.07) is 8.15. The van der Waals surface area contributed by atoms with Crippen molar-refractivity contribution in [3.63, 3.8) is 0 Å². The molecule has 0 aliphatic carbocycles. The Labute approximate surface area is 125 Å². The largest absolute Gasteiger partial charge is 0.459 e. The van der Waals surface area contributed by atoms with Crippen LogP contribution in [0.15, 0.2) is 28.7 Å². The molecule has 0 atom stereocenters. The van der Waals surface area contributed by atoms with Gasteiger partial charge in [-0.15, -0.1) is 0 Å². The maximum atomic E-state index is 5.99. The van der Waals surface area contributed by atoms with Crippen molar-refractivity contribution in [1.82, 2.24) is 5.32 Å². The van der Waals surface area contributed by atoms with E-state index in [0.29, 0.717) is 25.7 Å². The molecule has 0 spiro atoms. The Morgan fingerprint density at radius 2 is 2.10 bits per heavy atom. The number of fused-ring (bicyclic) bond motifs is 1. The maximum absolute atomic E-state index is 5.99. The molecule has 4 nitrogen and oxygen atoms in total. The smallest absolute Gasteiger partial charge is 0.134 e. The van der Waals surface area contributed by atoms with Gasteiger partial charge in [-0.3, -0.25) is 0 Å². The second-order valence-corrected chi connectivity index (χ2v) is 6.00. The van der Waals surface area contributed by atoms with Crippen LogP contribution in [0.3, 0.4) is 0 Å². The number of nitrogens with one attached hydrogen (secondary N) is 1. The second kappa shape index (κ2) is 6.60. The van der Waals surface area contributed by atoms with Crippen LogP contribution in [0, 0.1) is 5.92 Å². The van der Waals surface area contributed by atoms with Gasteiger partial charge in [-0.1, -0.05) is 32.0 Å². The molecule has 1 aromatic heterocycles. The van der Waals surface area contributed by atoms with E-state index in [0.717, 1.165) is 35.4 Å². The summed E-state index contributed by atoms with van der Waals surface area (Å²) in [5.41, 5.74) is 2.09. The Bertz CT molecular complexity index is 587. The molecule has 1 aromatic carbocycles. The molecular formula is C17H23NO3. The van der Waals surface area contributed by atoms with Gasteiger partial charge in [-0.25, -0.2) is 0 Å². The molecular weight excluding hydrogens is 266 g/mol. The summed E-state index contributed by atoms with van der Waals surface area (Å²) in [4.78, 5) is 0. The zero-order valence-corrected chi connectivity index (χ0v) is 12.7. The number of benzene rings is 1. The van der Waals surface area contributed by atoms with Crippen LogP contribution >= 0.6 is 0 Å². The Balaban J connectivity index is 1.75. The molecule has 1 aliphatic rings. The molecule has 1 saturated heterocycles. The highest BCUT2D eigenvalue weighted by Gasteiger charge is 2.21. The van der Waals surface area contributed by atoms with Gasteiger partial charge in [0.2, 0.25) is 0 Å². The van der Waals surface area contributed by atoms with Gasteiger partial charge in [0.15, 0.2) is 0 Å². The van der Waals surface area contributed by atoms with Crippen molar-refractivity contribution < 1.29 is 13.9 Å². The lowest BCUT2D eigenvalue weighted by Gasteiger charge is -2.26. The first-order valence-electron chi connectivity index (χ1n) is 7.63. The SMILES string of the molecule is CC(C)CNCc1oc2ccccc2c1COC1COC1. The Hall–Kier alpha value is -1.36. The predicted molar refractivity (Wildman–Crippen MR) is 82.2 cm³/mol. The third-order valence-electron chi connectivity index (χ3n) is 3.69. The summed E-state index contributed by atoms with van der Waals surface area (Å²) in [5, 5.41) is 4.60. The minimum Gasteiger partial charge on any atom is -0.459 e. The third kappa shape index (κ3) is 3.46. The average Bonchev–Trinajstić information content (AvgIpc) is 2.75. The van der Waals surface area contributed by atoms with Gasteiger partial charge in [0, 0.05) is 10.9 Å². The Morgan fingerprint density at radius 1 is 1.29 bits per heavy atom. The standard InChI is InChI=1S/C17H23NO3/c1-12(2)7-18-8-17-15(11-20-13-9-19-10-13)14-5-3-4-6-16(14)21-17/h3-6,12-13,18H,7-11H2,1-2H3. The van der Waals surface area contributed by atoms with Gasteiger partial charge in [0.25, 0.3) is 0 Å². The highest BCUT2D eigenvalue weighted by Crippen LogP contribution is 2.27. The summed E-state index contributed by atoms with van der Waals surface area (Å²) in [7, 11) is 0. The monoisotopic (exact) mass is 289 g/mol. The molecule has 1 fully saturated rings. The van der Waals surface area contributed by atoms with Crippen molar-refractivity contribution >= 4 is 11.0 Å². The lowest BCUT2D eigenvalue weighted by molar-refractivity contribution is -0.135. The van der Waals surface area contributed by atoms with Crippen LogP contribution in [0.25, 0.3) is 11.0 Å². The first-order chi connectivity index (χ1) is 10.2. The van der Waals surface area contributed by atoms with Crippen molar-refractivity contribution in [3.05, 3.63) is 35.6 Å². The van der Waals surface area contributed by atoms with Gasteiger partial charge < -0.3 is 19.2 Å². The van der Waals surface area contributed by atoms with E-state index in [2.05, 4.69) is 25.2 Å². The average molecular weight is 289 g/mol. The zero-order chi connectivity index (χ0) is 14.7. The fourth-order valence-corrected chi connectivity index (χ4v) is 2.44. The minimum absolute atomic E-state index is 0.232. The predicted octanol–water partition coefficient (Wildman–Crippen LogP) is 3.09. The molecule has 4 heteroatoms. The Morgan fingerprint density at radius 3 is 2.81 bits per heavy atom. The minimum atomic E-state index is 0.232. The Kier molecular flexibility index (Phi) is 4.58. The van der Waals surface area contributed by atoms with Gasteiger partial charge in [-0.2, -0.15) is 0 Å². The van der Waals surface area contributed by atoms with Crippen molar-refractivity contribution in [1.29, 1.82) is 0 Å². The quantitative estimate of drug-likeness (QED) is 0.850. The van der Waals surface area contributed by atoms with E-state index in [4.69, 9.17) is 13.9 Å². The van der Waals surface area contributed by atoms with E-state index < -0.39 is 0 Å². The van der Waals surface area contributed by atoms with Crippen LogP contribution in [0.4, 0.5) is 0 Å². The summed E-state index contributed by atoms with van der Waals surface area (Å²) < 4.78 is 17.0. The highest BCUT2D eigenvalue weighted by molar-refractivity contribution is 5.82. The number of hydrogen-bond donors (Lipinski definition) is 1.